The molecule has 0 saturated carbocycles. The molecule has 1 aliphatic rings. The van der Waals surface area contributed by atoms with E-state index in [4.69, 9.17) is 0 Å². The van der Waals surface area contributed by atoms with Gasteiger partial charge in [0.15, 0.2) is 0 Å². The van der Waals surface area contributed by atoms with Crippen LogP contribution in [0.1, 0.15) is 31.6 Å². The van der Waals surface area contributed by atoms with Crippen LogP contribution in [0.5, 0.6) is 0 Å². The van der Waals surface area contributed by atoms with E-state index in [-0.39, 0.29) is 16.9 Å². The van der Waals surface area contributed by atoms with Crippen molar-refractivity contribution in [2.45, 2.75) is 30.7 Å². The minimum atomic E-state index is -3.62. The molecule has 22 heavy (non-hydrogen) atoms. The summed E-state index contributed by atoms with van der Waals surface area (Å²) in [4.78, 5) is 4.32. The highest BCUT2D eigenvalue weighted by molar-refractivity contribution is 7.89. The van der Waals surface area contributed by atoms with Gasteiger partial charge in [-0.25, -0.2) is 17.8 Å². The molecular weight excluding hydrogens is 305 g/mol. The Morgan fingerprint density at radius 3 is 2.68 bits per heavy atom. The molecule has 0 amide bonds. The van der Waals surface area contributed by atoms with Gasteiger partial charge in [0.1, 0.15) is 11.6 Å². The number of nitrogens with zero attached hydrogens (tertiary/aromatic N) is 3. The molecule has 1 fully saturated rings. The summed E-state index contributed by atoms with van der Waals surface area (Å²) in [7, 11) is -3.62. The van der Waals surface area contributed by atoms with Crippen LogP contribution in [-0.2, 0) is 10.0 Å². The lowest BCUT2D eigenvalue weighted by atomic mass is 10.1. The van der Waals surface area contributed by atoms with E-state index in [1.165, 1.54) is 22.5 Å². The number of aromatic nitrogens is 2. The van der Waals surface area contributed by atoms with Crippen molar-refractivity contribution in [1.29, 1.82) is 0 Å². The fraction of sp³-hybridized carbons (Fsp3) is 0.400. The average molecular weight is 323 g/mol. The van der Waals surface area contributed by atoms with E-state index in [9.17, 15) is 12.8 Å². The van der Waals surface area contributed by atoms with Gasteiger partial charge in [0, 0.05) is 31.4 Å². The summed E-state index contributed by atoms with van der Waals surface area (Å²) in [5, 5.41) is 0. The van der Waals surface area contributed by atoms with Gasteiger partial charge in [-0.15, -0.1) is 0 Å². The summed E-state index contributed by atoms with van der Waals surface area (Å²) >= 11 is 0. The van der Waals surface area contributed by atoms with Crippen LogP contribution in [0, 0.1) is 5.82 Å². The fourth-order valence-corrected chi connectivity index (χ4v) is 4.19. The van der Waals surface area contributed by atoms with Gasteiger partial charge in [0.25, 0.3) is 0 Å². The fourth-order valence-electron chi connectivity index (χ4n) is 2.65. The molecule has 1 aromatic carbocycles. The second kappa shape index (κ2) is 5.48. The first-order valence-corrected chi connectivity index (χ1v) is 8.62. The van der Waals surface area contributed by atoms with Crippen molar-refractivity contribution in [3.05, 3.63) is 48.3 Å². The molecule has 118 valence electrons. The van der Waals surface area contributed by atoms with Gasteiger partial charge in [-0.1, -0.05) is 19.9 Å². The minimum Gasteiger partial charge on any atom is -0.329 e. The molecular formula is C15H18FN3O2S. The molecule has 3 rings (SSSR count). The Kier molecular flexibility index (Phi) is 3.78. The zero-order valence-electron chi connectivity index (χ0n) is 12.5. The Morgan fingerprint density at radius 1 is 1.32 bits per heavy atom. The monoisotopic (exact) mass is 323 g/mol. The Bertz CT molecular complexity index is 780. The first-order chi connectivity index (χ1) is 10.4. The molecule has 1 aliphatic heterocycles. The molecule has 7 heteroatoms. The van der Waals surface area contributed by atoms with Crippen molar-refractivity contribution in [2.24, 2.45) is 0 Å². The van der Waals surface area contributed by atoms with E-state index in [0.29, 0.717) is 13.1 Å². The molecule has 0 bridgehead atoms. The summed E-state index contributed by atoms with van der Waals surface area (Å²) < 4.78 is 41.5. The second-order valence-corrected chi connectivity index (χ2v) is 7.72. The van der Waals surface area contributed by atoms with Crippen molar-refractivity contribution >= 4 is 10.0 Å². The van der Waals surface area contributed by atoms with E-state index >= 15 is 0 Å². The number of rotatable bonds is 4. The number of hydrogen-bond donors (Lipinski definition) is 0. The molecule has 0 unspecified atom stereocenters. The quantitative estimate of drug-likeness (QED) is 0.868. The average Bonchev–Trinajstić information content (AvgIpc) is 2.86. The van der Waals surface area contributed by atoms with Crippen LogP contribution in [-0.4, -0.2) is 35.4 Å². The number of sulfonamides is 1. The van der Waals surface area contributed by atoms with Crippen molar-refractivity contribution in [2.75, 3.05) is 13.1 Å². The van der Waals surface area contributed by atoms with Crippen LogP contribution < -0.4 is 0 Å². The van der Waals surface area contributed by atoms with Gasteiger partial charge in [0.05, 0.1) is 10.9 Å². The zero-order chi connectivity index (χ0) is 15.9. The van der Waals surface area contributed by atoms with Crippen molar-refractivity contribution in [3.8, 4) is 0 Å². The van der Waals surface area contributed by atoms with Crippen LogP contribution in [0.15, 0.2) is 41.6 Å². The first kappa shape index (κ1) is 15.2. The molecule has 0 spiro atoms. The number of imidazole rings is 1. The predicted octanol–water partition coefficient (Wildman–Crippen LogP) is 2.39. The smallest absolute Gasteiger partial charge is 0.243 e. The number of benzene rings is 1. The molecule has 5 nitrogen and oxygen atoms in total. The third kappa shape index (κ3) is 2.55. The van der Waals surface area contributed by atoms with Crippen molar-refractivity contribution in [1.82, 2.24) is 13.9 Å². The van der Waals surface area contributed by atoms with E-state index in [2.05, 4.69) is 18.8 Å². The highest BCUT2D eigenvalue weighted by atomic mass is 32.2. The molecule has 0 N–H and O–H groups in total. The second-order valence-electron chi connectivity index (χ2n) is 5.78. The minimum absolute atomic E-state index is 0.000615. The lowest BCUT2D eigenvalue weighted by molar-refractivity contribution is 0.199. The predicted molar refractivity (Wildman–Crippen MR) is 80.5 cm³/mol. The lowest BCUT2D eigenvalue weighted by Crippen LogP contribution is -2.50. The normalized spacial score (nSPS) is 16.9. The molecule has 0 aliphatic carbocycles. The van der Waals surface area contributed by atoms with Crippen LogP contribution in [0.2, 0.25) is 0 Å². The Balaban J connectivity index is 1.77. The maximum absolute atomic E-state index is 13.2. The maximum Gasteiger partial charge on any atom is 0.243 e. The van der Waals surface area contributed by atoms with Crippen molar-refractivity contribution in [3.63, 3.8) is 0 Å². The Labute approximate surface area is 129 Å². The van der Waals surface area contributed by atoms with Gasteiger partial charge in [-0.2, -0.15) is 4.31 Å². The van der Waals surface area contributed by atoms with E-state index in [0.717, 1.165) is 11.9 Å². The Morgan fingerprint density at radius 2 is 2.05 bits per heavy atom. The summed E-state index contributed by atoms with van der Waals surface area (Å²) in [6.45, 7) is 4.88. The van der Waals surface area contributed by atoms with Gasteiger partial charge in [-0.3, -0.25) is 0 Å². The van der Waals surface area contributed by atoms with Crippen molar-refractivity contribution < 1.29 is 12.8 Å². The lowest BCUT2D eigenvalue weighted by Gasteiger charge is -2.39. The SMILES string of the molecule is CC(C)c1nccn1C1CN(S(=O)(=O)c2cccc(F)c2)C1. The third-order valence-electron chi connectivity index (χ3n) is 3.87. The topological polar surface area (TPSA) is 55.2 Å². The van der Waals surface area contributed by atoms with Gasteiger partial charge in [-0.05, 0) is 18.2 Å². The van der Waals surface area contributed by atoms with Gasteiger partial charge in [0.2, 0.25) is 10.0 Å². The van der Waals surface area contributed by atoms with Gasteiger partial charge < -0.3 is 4.57 Å². The van der Waals surface area contributed by atoms with E-state index in [1.54, 1.807) is 6.20 Å². The first-order valence-electron chi connectivity index (χ1n) is 7.18. The van der Waals surface area contributed by atoms with E-state index in [1.807, 2.05) is 10.8 Å². The third-order valence-corrected chi connectivity index (χ3v) is 5.70. The molecule has 1 aromatic heterocycles. The molecule has 2 heterocycles. The Hall–Kier alpha value is -1.73. The maximum atomic E-state index is 13.2. The molecule has 0 radical (unpaired) electrons. The van der Waals surface area contributed by atoms with E-state index < -0.39 is 15.8 Å². The highest BCUT2D eigenvalue weighted by Gasteiger charge is 2.38. The molecule has 1 saturated heterocycles. The van der Waals surface area contributed by atoms with Gasteiger partial charge >= 0.3 is 0 Å². The summed E-state index contributed by atoms with van der Waals surface area (Å²) in [5.41, 5.74) is 0. The summed E-state index contributed by atoms with van der Waals surface area (Å²) in [6.07, 6.45) is 3.62. The standard InChI is InChI=1S/C15H18FN3O2S/c1-11(2)15-17-6-7-19(15)13-9-18(10-13)22(20,21)14-5-3-4-12(16)8-14/h3-8,11,13H,9-10H2,1-2H3. The summed E-state index contributed by atoms with van der Waals surface area (Å²) in [6, 6.07) is 5.20. The summed E-state index contributed by atoms with van der Waals surface area (Å²) in [5.74, 6) is 0.687. The zero-order valence-corrected chi connectivity index (χ0v) is 13.3. The number of halogens is 1. The van der Waals surface area contributed by atoms with Crippen LogP contribution >= 0.6 is 0 Å². The van der Waals surface area contributed by atoms with Crippen LogP contribution in [0.4, 0.5) is 4.39 Å². The largest absolute Gasteiger partial charge is 0.329 e. The highest BCUT2D eigenvalue weighted by Crippen LogP contribution is 2.30. The molecule has 0 atom stereocenters. The number of hydrogen-bond acceptors (Lipinski definition) is 3. The molecule has 2 aromatic rings. The van der Waals surface area contributed by atoms with Crippen LogP contribution in [0.3, 0.4) is 0 Å². The van der Waals surface area contributed by atoms with Crippen LogP contribution in [0.25, 0.3) is 0 Å².